The number of aryl methyl sites for hydroxylation is 2. The lowest BCUT2D eigenvalue weighted by Crippen LogP contribution is -2.06. The molecule has 6 heteroatoms. The number of oxime groups is 1. The van der Waals surface area contributed by atoms with Crippen molar-refractivity contribution in [3.05, 3.63) is 32.7 Å². The molecule has 0 aromatic heterocycles. The normalized spacial score (nSPS) is 10.2. The molecule has 0 bridgehead atoms. The summed E-state index contributed by atoms with van der Waals surface area (Å²) in [7, 11) is 0. The minimum absolute atomic E-state index is 0.506. The van der Waals surface area contributed by atoms with Crippen molar-refractivity contribution in [2.75, 3.05) is 19.8 Å². The highest BCUT2D eigenvalue weighted by atomic mass is 79.9. The Morgan fingerprint density at radius 2 is 1.92 bits per heavy atom. The molecule has 0 saturated carbocycles. The lowest BCUT2D eigenvalue weighted by molar-refractivity contribution is 0.127. The predicted octanol–water partition coefficient (Wildman–Crippen LogP) is 6.14. The average molecular weight is 477 g/mol. The van der Waals surface area contributed by atoms with Gasteiger partial charge in [-0.2, -0.15) is 0 Å². The third kappa shape index (κ3) is 9.31. The molecule has 0 amide bonds. The first-order valence-electron chi connectivity index (χ1n) is 8.47. The van der Waals surface area contributed by atoms with Crippen LogP contribution in [0.3, 0.4) is 0 Å². The Balaban J connectivity index is 2.67. The number of ether oxygens (including phenoxy) is 2. The molecule has 140 valence electrons. The predicted molar refractivity (Wildman–Crippen MR) is 111 cm³/mol. The van der Waals surface area contributed by atoms with Crippen LogP contribution in [-0.4, -0.2) is 25.5 Å². The molecule has 0 fully saturated rings. The molecule has 0 aliphatic rings. The number of rotatable bonds is 11. The van der Waals surface area contributed by atoms with Crippen molar-refractivity contribution in [2.45, 2.75) is 47.0 Å². The zero-order chi connectivity index (χ0) is 18.7. The molecule has 0 heterocycles. The SMILES string of the molecule is CCCc1cc(OCC=C(Br)Br)cc(C)c1OCCCON=C(C)C. The molecule has 4 nitrogen and oxygen atoms in total. The van der Waals surface area contributed by atoms with Crippen LogP contribution in [0.5, 0.6) is 11.5 Å². The third-order valence-electron chi connectivity index (χ3n) is 3.21. The third-order valence-corrected chi connectivity index (χ3v) is 3.85. The monoisotopic (exact) mass is 475 g/mol. The van der Waals surface area contributed by atoms with Crippen LogP contribution in [0.1, 0.15) is 44.7 Å². The molecular weight excluding hydrogens is 450 g/mol. The second kappa shape index (κ2) is 12.4. The van der Waals surface area contributed by atoms with E-state index in [1.807, 2.05) is 26.0 Å². The zero-order valence-electron chi connectivity index (χ0n) is 15.4. The molecule has 0 atom stereocenters. The van der Waals surface area contributed by atoms with Crippen molar-refractivity contribution >= 4 is 37.6 Å². The van der Waals surface area contributed by atoms with Gasteiger partial charge in [0.1, 0.15) is 24.7 Å². The van der Waals surface area contributed by atoms with Gasteiger partial charge in [0.05, 0.1) is 15.7 Å². The molecule has 1 rings (SSSR count). The van der Waals surface area contributed by atoms with Gasteiger partial charge in [0.2, 0.25) is 0 Å². The van der Waals surface area contributed by atoms with Gasteiger partial charge in [-0.25, -0.2) is 0 Å². The molecule has 0 aliphatic heterocycles. The summed E-state index contributed by atoms with van der Waals surface area (Å²) in [4.78, 5) is 5.20. The van der Waals surface area contributed by atoms with Crippen molar-refractivity contribution in [3.8, 4) is 11.5 Å². The van der Waals surface area contributed by atoms with Crippen molar-refractivity contribution in [1.29, 1.82) is 0 Å². The summed E-state index contributed by atoms with van der Waals surface area (Å²) in [5, 5.41) is 3.92. The van der Waals surface area contributed by atoms with Crippen LogP contribution in [0.2, 0.25) is 0 Å². The van der Waals surface area contributed by atoms with Crippen LogP contribution >= 0.6 is 31.9 Å². The highest BCUT2D eigenvalue weighted by Gasteiger charge is 2.10. The molecule has 0 unspecified atom stereocenters. The van der Waals surface area contributed by atoms with Gasteiger partial charge in [-0.15, -0.1) is 0 Å². The largest absolute Gasteiger partial charge is 0.493 e. The minimum atomic E-state index is 0.506. The summed E-state index contributed by atoms with van der Waals surface area (Å²) < 4.78 is 12.7. The molecule has 0 aliphatic carbocycles. The van der Waals surface area contributed by atoms with Gasteiger partial charge in [-0.3, -0.25) is 0 Å². The maximum absolute atomic E-state index is 6.01. The van der Waals surface area contributed by atoms with Gasteiger partial charge >= 0.3 is 0 Å². The van der Waals surface area contributed by atoms with Gasteiger partial charge in [0.15, 0.2) is 0 Å². The standard InChI is InChI=1S/C19H27Br2NO3/c1-5-7-16-13-17(23-11-8-18(20)21)12-15(4)19(16)24-9-6-10-25-22-14(2)3/h8,12-13H,5-7,9-11H2,1-4H3. The number of benzene rings is 1. The molecule has 0 N–H and O–H groups in total. The first kappa shape index (κ1) is 22.0. The first-order valence-corrected chi connectivity index (χ1v) is 10.1. The van der Waals surface area contributed by atoms with Crippen LogP contribution in [0.15, 0.2) is 26.8 Å². The molecule has 1 aromatic carbocycles. The van der Waals surface area contributed by atoms with Crippen LogP contribution in [0, 0.1) is 6.92 Å². The van der Waals surface area contributed by atoms with E-state index in [4.69, 9.17) is 14.3 Å². The van der Waals surface area contributed by atoms with Crippen molar-refractivity contribution in [3.63, 3.8) is 0 Å². The smallest absolute Gasteiger partial charge is 0.125 e. The zero-order valence-corrected chi connectivity index (χ0v) is 18.6. The van der Waals surface area contributed by atoms with Crippen molar-refractivity contribution < 1.29 is 14.3 Å². The highest BCUT2D eigenvalue weighted by molar-refractivity contribution is 9.28. The summed E-state index contributed by atoms with van der Waals surface area (Å²) in [6.45, 7) is 9.71. The fourth-order valence-corrected chi connectivity index (χ4v) is 2.49. The van der Waals surface area contributed by atoms with E-state index in [0.29, 0.717) is 19.8 Å². The van der Waals surface area contributed by atoms with Crippen LogP contribution in [-0.2, 0) is 11.3 Å². The highest BCUT2D eigenvalue weighted by Crippen LogP contribution is 2.30. The topological polar surface area (TPSA) is 40.0 Å². The van der Waals surface area contributed by atoms with E-state index in [9.17, 15) is 0 Å². The number of hydrogen-bond donors (Lipinski definition) is 0. The number of nitrogens with zero attached hydrogens (tertiary/aromatic N) is 1. The Bertz CT molecular complexity index is 593. The van der Waals surface area contributed by atoms with Gasteiger partial charge in [0.25, 0.3) is 0 Å². The Morgan fingerprint density at radius 1 is 1.16 bits per heavy atom. The van der Waals surface area contributed by atoms with E-state index in [0.717, 1.165) is 45.4 Å². The maximum Gasteiger partial charge on any atom is 0.125 e. The van der Waals surface area contributed by atoms with Gasteiger partial charge in [-0.05, 0) is 88.4 Å². The molecule has 1 aromatic rings. The lowest BCUT2D eigenvalue weighted by atomic mass is 10.0. The molecule has 0 radical (unpaired) electrons. The molecular formula is C19H27Br2NO3. The Labute approximate surface area is 167 Å². The van der Waals surface area contributed by atoms with E-state index in [-0.39, 0.29) is 0 Å². The molecule has 0 spiro atoms. The minimum Gasteiger partial charge on any atom is -0.493 e. The Morgan fingerprint density at radius 3 is 2.56 bits per heavy atom. The fourth-order valence-electron chi connectivity index (χ4n) is 2.23. The van der Waals surface area contributed by atoms with Gasteiger partial charge < -0.3 is 14.3 Å². The number of halogens is 2. The van der Waals surface area contributed by atoms with Crippen LogP contribution in [0.4, 0.5) is 0 Å². The van der Waals surface area contributed by atoms with E-state index < -0.39 is 0 Å². The van der Waals surface area contributed by atoms with Crippen LogP contribution < -0.4 is 9.47 Å². The fraction of sp³-hybridized carbons (Fsp3) is 0.526. The summed E-state index contributed by atoms with van der Waals surface area (Å²) in [6, 6.07) is 4.09. The number of hydrogen-bond acceptors (Lipinski definition) is 4. The van der Waals surface area contributed by atoms with E-state index >= 15 is 0 Å². The van der Waals surface area contributed by atoms with Crippen LogP contribution in [0.25, 0.3) is 0 Å². The average Bonchev–Trinajstić information content (AvgIpc) is 2.52. The summed E-state index contributed by atoms with van der Waals surface area (Å²) >= 11 is 6.65. The molecule has 0 saturated heterocycles. The van der Waals surface area contributed by atoms with Crippen molar-refractivity contribution in [2.24, 2.45) is 5.16 Å². The van der Waals surface area contributed by atoms with E-state index in [1.165, 1.54) is 5.56 Å². The molecule has 25 heavy (non-hydrogen) atoms. The first-order chi connectivity index (χ1) is 11.9. The summed E-state index contributed by atoms with van der Waals surface area (Å²) in [5.41, 5.74) is 3.19. The second-order valence-electron chi connectivity index (χ2n) is 5.86. The maximum atomic E-state index is 6.01. The Kier molecular flexibility index (Phi) is 10.9. The van der Waals surface area contributed by atoms with E-state index in [1.54, 1.807) is 0 Å². The van der Waals surface area contributed by atoms with Crippen molar-refractivity contribution in [1.82, 2.24) is 0 Å². The Hall–Kier alpha value is -1.01. The van der Waals surface area contributed by atoms with Gasteiger partial charge in [0, 0.05) is 6.42 Å². The summed E-state index contributed by atoms with van der Waals surface area (Å²) in [6.07, 6.45) is 4.73. The van der Waals surface area contributed by atoms with Gasteiger partial charge in [-0.1, -0.05) is 18.5 Å². The van der Waals surface area contributed by atoms with E-state index in [2.05, 4.69) is 56.9 Å². The summed E-state index contributed by atoms with van der Waals surface area (Å²) in [5.74, 6) is 1.82. The second-order valence-corrected chi connectivity index (χ2v) is 8.63. The lowest BCUT2D eigenvalue weighted by Gasteiger charge is -2.16. The quantitative estimate of drug-likeness (QED) is 0.219.